The van der Waals surface area contributed by atoms with Crippen LogP contribution in [0.3, 0.4) is 0 Å². The number of nitrogens with zero attached hydrogens (tertiary/aromatic N) is 2. The molecule has 3 heterocycles. The van der Waals surface area contributed by atoms with Crippen molar-refractivity contribution in [1.82, 2.24) is 10.3 Å². The highest BCUT2D eigenvalue weighted by atomic mass is 35.5. The molecule has 0 radical (unpaired) electrons. The molecule has 0 saturated carbocycles. The zero-order valence-electron chi connectivity index (χ0n) is 19.6. The van der Waals surface area contributed by atoms with E-state index < -0.39 is 0 Å². The molecule has 9 heteroatoms. The van der Waals surface area contributed by atoms with E-state index >= 15 is 0 Å². The number of hydrogen-bond donors (Lipinski definition) is 2. The molecule has 2 atom stereocenters. The van der Waals surface area contributed by atoms with Gasteiger partial charge in [0.2, 0.25) is 5.91 Å². The largest absolute Gasteiger partial charge is 0.495 e. The van der Waals surface area contributed by atoms with Gasteiger partial charge in [-0.2, -0.15) is 0 Å². The fourth-order valence-electron chi connectivity index (χ4n) is 4.34. The van der Waals surface area contributed by atoms with Crippen LogP contribution in [0.2, 0.25) is 5.02 Å². The minimum absolute atomic E-state index is 0.200. The number of anilines is 2. The first-order valence-electron chi connectivity index (χ1n) is 11.3. The van der Waals surface area contributed by atoms with Crippen LogP contribution in [0.4, 0.5) is 11.4 Å². The minimum atomic E-state index is -0.341. The summed E-state index contributed by atoms with van der Waals surface area (Å²) in [4.78, 5) is 18.4. The van der Waals surface area contributed by atoms with Gasteiger partial charge < -0.3 is 24.7 Å². The molecule has 182 valence electrons. The van der Waals surface area contributed by atoms with Gasteiger partial charge >= 0.3 is 0 Å². The first-order chi connectivity index (χ1) is 17.4. The van der Waals surface area contributed by atoms with Gasteiger partial charge in [0, 0.05) is 29.4 Å². The SMILES string of the molecule is COc1ccc(N2C(=S)NC(c3ccccn3)C2c2ccc(-c3ccc(Cl)cc3)o2)cc1NC(C)=O. The number of hydrogen-bond acceptors (Lipinski definition) is 5. The Bertz CT molecular complexity index is 1410. The lowest BCUT2D eigenvalue weighted by Gasteiger charge is -2.27. The minimum Gasteiger partial charge on any atom is -0.495 e. The standard InChI is InChI=1S/C27H23ClN4O3S/c1-16(33)30-21-15-19(10-11-23(21)34-2)32-26(25(31-27(32)36)20-5-3-4-14-29-20)24-13-12-22(35-24)17-6-8-18(28)9-7-17/h3-15,25-26H,1-2H3,(H,30,33)(H,31,36). The normalized spacial score (nSPS) is 17.1. The second kappa shape index (κ2) is 10.0. The van der Waals surface area contributed by atoms with Crippen molar-refractivity contribution in [3.8, 4) is 17.1 Å². The van der Waals surface area contributed by atoms with Crippen molar-refractivity contribution in [2.24, 2.45) is 0 Å². The second-order valence-corrected chi connectivity index (χ2v) is 9.09. The summed E-state index contributed by atoms with van der Waals surface area (Å²) in [5, 5.41) is 7.41. The molecule has 7 nitrogen and oxygen atoms in total. The number of thiocarbonyl (C=S) groups is 1. The summed E-state index contributed by atoms with van der Waals surface area (Å²) in [6.07, 6.45) is 1.75. The molecule has 1 amide bonds. The summed E-state index contributed by atoms with van der Waals surface area (Å²) in [7, 11) is 1.56. The van der Waals surface area contributed by atoms with E-state index in [-0.39, 0.29) is 18.0 Å². The van der Waals surface area contributed by atoms with Crippen LogP contribution < -0.4 is 20.3 Å². The summed E-state index contributed by atoms with van der Waals surface area (Å²) in [5.74, 6) is 1.77. The van der Waals surface area contributed by atoms with Crippen molar-refractivity contribution >= 4 is 46.2 Å². The average molecular weight is 519 g/mol. The predicted molar refractivity (Wildman–Crippen MR) is 144 cm³/mol. The molecule has 36 heavy (non-hydrogen) atoms. The van der Waals surface area contributed by atoms with Gasteiger partial charge in [0.1, 0.15) is 23.3 Å². The fourth-order valence-corrected chi connectivity index (χ4v) is 4.81. The lowest BCUT2D eigenvalue weighted by atomic mass is 10.0. The number of methoxy groups -OCH3 is 1. The molecule has 1 aliphatic heterocycles. The predicted octanol–water partition coefficient (Wildman–Crippen LogP) is 6.14. The Labute approximate surface area is 219 Å². The van der Waals surface area contributed by atoms with E-state index in [1.165, 1.54) is 6.92 Å². The van der Waals surface area contributed by atoms with E-state index in [1.54, 1.807) is 19.4 Å². The smallest absolute Gasteiger partial charge is 0.221 e. The van der Waals surface area contributed by atoms with Crippen LogP contribution in [0.1, 0.15) is 30.5 Å². The Balaban J connectivity index is 1.60. The molecule has 0 spiro atoms. The average Bonchev–Trinajstić information content (AvgIpc) is 3.49. The molecule has 5 rings (SSSR count). The number of rotatable bonds is 6. The third-order valence-electron chi connectivity index (χ3n) is 5.92. The quantitative estimate of drug-likeness (QED) is 0.297. The topological polar surface area (TPSA) is 79.6 Å². The van der Waals surface area contributed by atoms with Crippen LogP contribution in [-0.4, -0.2) is 23.1 Å². The van der Waals surface area contributed by atoms with E-state index in [9.17, 15) is 4.79 Å². The summed E-state index contributed by atoms with van der Waals surface area (Å²) in [6.45, 7) is 1.45. The van der Waals surface area contributed by atoms with E-state index in [0.717, 1.165) is 16.9 Å². The van der Waals surface area contributed by atoms with E-state index in [1.807, 2.05) is 71.6 Å². The second-order valence-electron chi connectivity index (χ2n) is 8.27. The van der Waals surface area contributed by atoms with Crippen molar-refractivity contribution in [2.75, 3.05) is 17.3 Å². The van der Waals surface area contributed by atoms with Crippen molar-refractivity contribution in [3.63, 3.8) is 0 Å². The number of amides is 1. The molecule has 4 aromatic rings. The van der Waals surface area contributed by atoms with Crippen LogP contribution in [0.5, 0.6) is 5.75 Å². The molecule has 2 N–H and O–H groups in total. The Morgan fingerprint density at radius 1 is 1.14 bits per heavy atom. The van der Waals surface area contributed by atoms with Crippen LogP contribution in [0.25, 0.3) is 11.3 Å². The summed E-state index contributed by atoms with van der Waals surface area (Å²) in [5.41, 5.74) is 3.06. The van der Waals surface area contributed by atoms with Gasteiger partial charge in [0.25, 0.3) is 0 Å². The van der Waals surface area contributed by atoms with Gasteiger partial charge in [-0.1, -0.05) is 17.7 Å². The number of pyridine rings is 1. The maximum Gasteiger partial charge on any atom is 0.221 e. The van der Waals surface area contributed by atoms with Crippen molar-refractivity contribution < 1.29 is 13.9 Å². The number of nitrogens with one attached hydrogen (secondary N) is 2. The summed E-state index contributed by atoms with van der Waals surface area (Å²) in [6, 6.07) is 22.1. The molecule has 0 aliphatic carbocycles. The summed E-state index contributed by atoms with van der Waals surface area (Å²) < 4.78 is 11.8. The maximum absolute atomic E-state index is 11.8. The van der Waals surface area contributed by atoms with Crippen LogP contribution in [0.15, 0.2) is 83.4 Å². The number of carbonyl (C=O) groups is 1. The highest BCUT2D eigenvalue weighted by molar-refractivity contribution is 7.80. The van der Waals surface area contributed by atoms with Gasteiger partial charge in [-0.15, -0.1) is 0 Å². The molecular formula is C27H23ClN4O3S. The third-order valence-corrected chi connectivity index (χ3v) is 6.48. The fraction of sp³-hybridized carbons (Fsp3) is 0.148. The molecule has 2 aromatic heterocycles. The van der Waals surface area contributed by atoms with Crippen LogP contribution >= 0.6 is 23.8 Å². The number of carbonyl (C=O) groups excluding carboxylic acids is 1. The first kappa shape index (κ1) is 23.8. The molecular weight excluding hydrogens is 496 g/mol. The zero-order chi connectivity index (χ0) is 25.2. The van der Waals surface area contributed by atoms with Crippen molar-refractivity contribution in [3.05, 3.63) is 95.5 Å². The number of benzene rings is 2. The van der Waals surface area contributed by atoms with E-state index in [4.69, 9.17) is 33.0 Å². The van der Waals surface area contributed by atoms with Gasteiger partial charge in [0.15, 0.2) is 5.11 Å². The first-order valence-corrected chi connectivity index (χ1v) is 12.0. The van der Waals surface area contributed by atoms with Gasteiger partial charge in [-0.05, 0) is 78.9 Å². The van der Waals surface area contributed by atoms with E-state index in [0.29, 0.717) is 33.1 Å². The number of furan rings is 1. The third kappa shape index (κ3) is 4.65. The van der Waals surface area contributed by atoms with Gasteiger partial charge in [-0.3, -0.25) is 9.78 Å². The molecule has 1 saturated heterocycles. The highest BCUT2D eigenvalue weighted by Crippen LogP contribution is 2.44. The Morgan fingerprint density at radius 2 is 1.94 bits per heavy atom. The molecule has 1 aliphatic rings. The summed E-state index contributed by atoms with van der Waals surface area (Å²) >= 11 is 11.9. The maximum atomic E-state index is 11.8. The Morgan fingerprint density at radius 3 is 2.64 bits per heavy atom. The van der Waals surface area contributed by atoms with Crippen molar-refractivity contribution in [2.45, 2.75) is 19.0 Å². The van der Waals surface area contributed by atoms with Crippen LogP contribution in [-0.2, 0) is 4.79 Å². The molecule has 0 bridgehead atoms. The monoisotopic (exact) mass is 518 g/mol. The molecule has 2 unspecified atom stereocenters. The lowest BCUT2D eigenvalue weighted by molar-refractivity contribution is -0.114. The van der Waals surface area contributed by atoms with Crippen molar-refractivity contribution in [1.29, 1.82) is 0 Å². The van der Waals surface area contributed by atoms with Crippen LogP contribution in [0, 0.1) is 0 Å². The van der Waals surface area contributed by atoms with Gasteiger partial charge in [-0.25, -0.2) is 0 Å². The number of ether oxygens (including phenoxy) is 1. The number of aromatic nitrogens is 1. The number of halogens is 1. The highest BCUT2D eigenvalue weighted by Gasteiger charge is 2.42. The Hall–Kier alpha value is -3.88. The molecule has 2 aromatic carbocycles. The zero-order valence-corrected chi connectivity index (χ0v) is 21.1. The Kier molecular flexibility index (Phi) is 6.63. The van der Waals surface area contributed by atoms with Gasteiger partial charge in [0.05, 0.1) is 24.5 Å². The van der Waals surface area contributed by atoms with E-state index in [2.05, 4.69) is 15.6 Å². The lowest BCUT2D eigenvalue weighted by Crippen LogP contribution is -2.29. The molecule has 1 fully saturated rings.